The highest BCUT2D eigenvalue weighted by Gasteiger charge is 2.39. The lowest BCUT2D eigenvalue weighted by molar-refractivity contribution is -0.139. The van der Waals surface area contributed by atoms with Crippen molar-refractivity contribution in [3.05, 3.63) is 34.4 Å². The molecule has 0 atom stereocenters. The second-order valence-electron chi connectivity index (χ2n) is 3.58. The maximum absolute atomic E-state index is 12.9. The van der Waals surface area contributed by atoms with Crippen molar-refractivity contribution in [1.29, 1.82) is 5.26 Å². The Bertz CT molecular complexity index is 560. The number of halogens is 5. The van der Waals surface area contributed by atoms with Crippen LogP contribution in [0.25, 0.3) is 0 Å². The van der Waals surface area contributed by atoms with Crippen molar-refractivity contribution in [2.45, 2.75) is 19.5 Å². The third-order valence-corrected chi connectivity index (χ3v) is 2.37. The summed E-state index contributed by atoms with van der Waals surface area (Å²) in [5.41, 5.74) is -4.82. The Morgan fingerprint density at radius 2 is 2.00 bits per heavy atom. The molecule has 0 saturated heterocycles. The molecule has 3 nitrogen and oxygen atoms in total. The fourth-order valence-corrected chi connectivity index (χ4v) is 1.61. The Morgan fingerprint density at radius 1 is 1.40 bits per heavy atom. The molecule has 0 spiro atoms. The van der Waals surface area contributed by atoms with Crippen LogP contribution in [0.4, 0.5) is 22.0 Å². The molecule has 0 fully saturated rings. The average molecular weight is 293 g/mol. The standard InChI is InChI=1S/C12H8F5NO2/c1-2-20-11(19)8-6(5-18)3-4-7(12(15,16)17)9(8)10(13)14/h3-4,10H,2H2,1H3. The molecule has 8 heteroatoms. The van der Waals surface area contributed by atoms with Crippen LogP contribution in [0, 0.1) is 11.3 Å². The van der Waals surface area contributed by atoms with Crippen LogP contribution in [-0.4, -0.2) is 12.6 Å². The van der Waals surface area contributed by atoms with Gasteiger partial charge >= 0.3 is 12.1 Å². The number of nitriles is 1. The van der Waals surface area contributed by atoms with Gasteiger partial charge in [0.05, 0.1) is 23.3 Å². The molecule has 0 amide bonds. The van der Waals surface area contributed by atoms with Gasteiger partial charge in [0.2, 0.25) is 0 Å². The molecule has 1 aromatic rings. The molecule has 0 aromatic heterocycles. The van der Waals surface area contributed by atoms with E-state index in [1.54, 1.807) is 0 Å². The molecule has 0 radical (unpaired) electrons. The molecule has 0 N–H and O–H groups in total. The molecule has 0 saturated carbocycles. The monoisotopic (exact) mass is 293 g/mol. The predicted molar refractivity (Wildman–Crippen MR) is 57.1 cm³/mol. The summed E-state index contributed by atoms with van der Waals surface area (Å²) in [7, 11) is 0. The maximum atomic E-state index is 12.9. The van der Waals surface area contributed by atoms with Crippen molar-refractivity contribution >= 4 is 5.97 Å². The van der Waals surface area contributed by atoms with E-state index in [1.807, 2.05) is 0 Å². The van der Waals surface area contributed by atoms with Gasteiger partial charge in [0.1, 0.15) is 6.07 Å². The summed E-state index contributed by atoms with van der Waals surface area (Å²) in [4.78, 5) is 11.6. The molecule has 0 unspecified atom stereocenters. The summed E-state index contributed by atoms with van der Waals surface area (Å²) in [6, 6.07) is 2.42. The fourth-order valence-electron chi connectivity index (χ4n) is 1.61. The zero-order valence-electron chi connectivity index (χ0n) is 10.1. The number of carbonyl (C=O) groups excluding carboxylic acids is 1. The van der Waals surface area contributed by atoms with Crippen molar-refractivity contribution in [2.24, 2.45) is 0 Å². The zero-order valence-corrected chi connectivity index (χ0v) is 10.1. The largest absolute Gasteiger partial charge is 0.462 e. The fraction of sp³-hybridized carbons (Fsp3) is 0.333. The van der Waals surface area contributed by atoms with Crippen molar-refractivity contribution in [3.63, 3.8) is 0 Å². The van der Waals surface area contributed by atoms with Gasteiger partial charge in [-0.05, 0) is 19.1 Å². The quantitative estimate of drug-likeness (QED) is 0.631. The van der Waals surface area contributed by atoms with Crippen LogP contribution in [0.3, 0.4) is 0 Å². The highest BCUT2D eigenvalue weighted by molar-refractivity contribution is 5.94. The number of benzene rings is 1. The molecular weight excluding hydrogens is 285 g/mol. The first-order chi connectivity index (χ1) is 9.23. The first kappa shape index (κ1) is 15.9. The van der Waals surface area contributed by atoms with E-state index < -0.39 is 40.8 Å². The third-order valence-electron chi connectivity index (χ3n) is 2.37. The Kier molecular flexibility index (Phi) is 4.65. The normalized spacial score (nSPS) is 11.3. The van der Waals surface area contributed by atoms with Gasteiger partial charge < -0.3 is 4.74 Å². The topological polar surface area (TPSA) is 50.1 Å². The van der Waals surface area contributed by atoms with Crippen molar-refractivity contribution in [2.75, 3.05) is 6.61 Å². The SMILES string of the molecule is CCOC(=O)c1c(C#N)ccc(C(F)(F)F)c1C(F)F. The van der Waals surface area contributed by atoms with Gasteiger partial charge in [-0.2, -0.15) is 18.4 Å². The first-order valence-corrected chi connectivity index (χ1v) is 5.33. The highest BCUT2D eigenvalue weighted by Crippen LogP contribution is 2.39. The number of ether oxygens (including phenoxy) is 1. The number of esters is 1. The number of alkyl halides is 5. The minimum Gasteiger partial charge on any atom is -0.462 e. The second-order valence-corrected chi connectivity index (χ2v) is 3.58. The maximum Gasteiger partial charge on any atom is 0.416 e. The van der Waals surface area contributed by atoms with Crippen LogP contribution in [0.2, 0.25) is 0 Å². The van der Waals surface area contributed by atoms with E-state index >= 15 is 0 Å². The van der Waals surface area contributed by atoms with Gasteiger partial charge in [-0.15, -0.1) is 0 Å². The molecular formula is C12H8F5NO2. The van der Waals surface area contributed by atoms with Crippen LogP contribution in [-0.2, 0) is 10.9 Å². The molecule has 0 aliphatic heterocycles. The molecule has 0 bridgehead atoms. The summed E-state index contributed by atoms with van der Waals surface area (Å²) in [6.45, 7) is 1.14. The van der Waals surface area contributed by atoms with Gasteiger partial charge in [0.15, 0.2) is 0 Å². The Labute approximate surface area is 110 Å². The lowest BCUT2D eigenvalue weighted by atomic mass is 9.96. The Hall–Kier alpha value is -2.17. The lowest BCUT2D eigenvalue weighted by Crippen LogP contribution is -2.17. The average Bonchev–Trinajstić information content (AvgIpc) is 2.35. The summed E-state index contributed by atoms with van der Waals surface area (Å²) in [5.74, 6) is -1.38. The van der Waals surface area contributed by atoms with E-state index in [0.29, 0.717) is 12.1 Å². The summed E-state index contributed by atoms with van der Waals surface area (Å²) in [5, 5.41) is 8.75. The number of carbonyl (C=O) groups is 1. The summed E-state index contributed by atoms with van der Waals surface area (Å²) >= 11 is 0. The Balaban J connectivity index is 3.68. The van der Waals surface area contributed by atoms with Gasteiger partial charge in [-0.3, -0.25) is 0 Å². The molecule has 108 valence electrons. The number of hydrogen-bond donors (Lipinski definition) is 0. The molecule has 1 aromatic carbocycles. The molecule has 0 aliphatic carbocycles. The van der Waals surface area contributed by atoms with Crippen molar-refractivity contribution < 1.29 is 31.5 Å². The van der Waals surface area contributed by atoms with E-state index in [2.05, 4.69) is 4.74 Å². The molecule has 0 aliphatic rings. The summed E-state index contributed by atoms with van der Waals surface area (Å²) in [6.07, 6.45) is -8.64. The van der Waals surface area contributed by atoms with Crippen molar-refractivity contribution in [1.82, 2.24) is 0 Å². The van der Waals surface area contributed by atoms with E-state index in [9.17, 15) is 26.7 Å². The zero-order chi connectivity index (χ0) is 15.5. The lowest BCUT2D eigenvalue weighted by Gasteiger charge is -2.16. The van der Waals surface area contributed by atoms with Crippen LogP contribution >= 0.6 is 0 Å². The smallest absolute Gasteiger partial charge is 0.416 e. The van der Waals surface area contributed by atoms with Crippen LogP contribution in [0.1, 0.15) is 40.4 Å². The molecule has 0 heterocycles. The van der Waals surface area contributed by atoms with Gasteiger partial charge in [0, 0.05) is 5.56 Å². The van der Waals surface area contributed by atoms with E-state index in [4.69, 9.17) is 5.26 Å². The van der Waals surface area contributed by atoms with Gasteiger partial charge in [-0.25, -0.2) is 13.6 Å². The number of hydrogen-bond acceptors (Lipinski definition) is 3. The minimum absolute atomic E-state index is 0.220. The number of rotatable bonds is 3. The Morgan fingerprint density at radius 3 is 2.40 bits per heavy atom. The van der Waals surface area contributed by atoms with Crippen LogP contribution in [0.5, 0.6) is 0 Å². The number of nitrogens with zero attached hydrogens (tertiary/aromatic N) is 1. The molecule has 1 rings (SSSR count). The van der Waals surface area contributed by atoms with Crippen LogP contribution < -0.4 is 0 Å². The third kappa shape index (κ3) is 3.04. The first-order valence-electron chi connectivity index (χ1n) is 5.33. The minimum atomic E-state index is -5.07. The van der Waals surface area contributed by atoms with Gasteiger partial charge in [-0.1, -0.05) is 0 Å². The molecule has 20 heavy (non-hydrogen) atoms. The van der Waals surface area contributed by atoms with E-state index in [0.717, 1.165) is 0 Å². The van der Waals surface area contributed by atoms with E-state index in [-0.39, 0.29) is 6.61 Å². The highest BCUT2D eigenvalue weighted by atomic mass is 19.4. The predicted octanol–water partition coefficient (Wildman–Crippen LogP) is 3.69. The van der Waals surface area contributed by atoms with Gasteiger partial charge in [0.25, 0.3) is 6.43 Å². The second kappa shape index (κ2) is 5.86. The van der Waals surface area contributed by atoms with Crippen LogP contribution in [0.15, 0.2) is 12.1 Å². The summed E-state index contributed by atoms with van der Waals surface area (Å²) < 4.78 is 68.4. The van der Waals surface area contributed by atoms with Crippen molar-refractivity contribution in [3.8, 4) is 6.07 Å². The van der Waals surface area contributed by atoms with E-state index in [1.165, 1.54) is 13.0 Å².